The Morgan fingerprint density at radius 2 is 0.918 bits per heavy atom. The van der Waals surface area contributed by atoms with Gasteiger partial charge in [-0.2, -0.15) is 0 Å². The smallest absolute Gasteiger partial charge is 0.186 e. The van der Waals surface area contributed by atoms with Gasteiger partial charge in [0.1, 0.15) is 54.9 Å². The highest BCUT2D eigenvalue weighted by atomic mass is 16.7. The third-order valence-electron chi connectivity index (χ3n) is 18.9. The largest absolute Gasteiger partial charge is 0.390 e. The van der Waals surface area contributed by atoms with Gasteiger partial charge in [0.25, 0.3) is 0 Å². The summed E-state index contributed by atoms with van der Waals surface area (Å²) in [5, 5.41) is 108. The number of hydrogen-bond donors (Lipinski definition) is 10. The molecule has 3 aliphatic heterocycles. The summed E-state index contributed by atoms with van der Waals surface area (Å²) in [6, 6.07) is 0. The average Bonchev–Trinajstić information content (AvgIpc) is 3.55. The minimum Gasteiger partial charge on any atom is -0.390 e. The second-order valence-electron chi connectivity index (χ2n) is 22.8. The van der Waals surface area contributed by atoms with E-state index in [9.17, 15) is 51.1 Å². The lowest BCUT2D eigenvalue weighted by atomic mass is 9.31. The SMILES string of the molecule is CC(C)(O)[C@@H]1CC[C@@]2(C)[C@H]1[C@@H](O[C@@H]1OC[C@@H](O)[C@H](O)[C@H]1O)C[C@]1(C)[C@@H]2CC[C@@H]2[C@@]3(C)CC[C@H](O[C@@H]4OC[C@@H](O)[C@H](O)[C@H]4O)C(C)(C)[C@@H]3[C@@H](O[C@@H]3OC[C@@H](O)[C@H](O)[C@H]3O)C[C@]21C. The standard InChI is InChI=1S/C45H76O16/c1-40(2)28(61-39-35(54)32(51)23(48)19-58-39)12-14-43(6)27-10-9-26-42(5)13-11-20(41(3,4)55)29(42)24(59-37-33(52)30(49)21(46)17-56-37)15-44(26,7)45(27,8)16-25(36(40)43)60-38-34(53)31(50)22(47)18-57-38/h20-39,46-55H,9-19H2,1-8H3/t20-,21-,22-,23-,24+,25+,26-,27-,28+,29-,30+,31+,32+,33-,34-,35-,36+,37+,38+,39+,42-,43-,44-,45-/m1/s1. The summed E-state index contributed by atoms with van der Waals surface area (Å²) < 4.78 is 38.1. The minimum atomic E-state index is -1.52. The van der Waals surface area contributed by atoms with Gasteiger partial charge in [-0.15, -0.1) is 0 Å². The third kappa shape index (κ3) is 7.23. The van der Waals surface area contributed by atoms with Crippen molar-refractivity contribution in [3.63, 3.8) is 0 Å². The van der Waals surface area contributed by atoms with Gasteiger partial charge in [0.05, 0.1) is 43.7 Å². The molecule has 0 aromatic carbocycles. The van der Waals surface area contributed by atoms with E-state index in [1.165, 1.54) is 0 Å². The first-order chi connectivity index (χ1) is 28.3. The van der Waals surface area contributed by atoms with Gasteiger partial charge in [-0.25, -0.2) is 0 Å². The first-order valence-corrected chi connectivity index (χ1v) is 23.0. The van der Waals surface area contributed by atoms with E-state index in [0.29, 0.717) is 25.7 Å². The lowest BCUT2D eigenvalue weighted by molar-refractivity contribution is -0.354. The molecule has 8 rings (SSSR count). The van der Waals surface area contributed by atoms with Gasteiger partial charge in [-0.3, -0.25) is 0 Å². The summed E-state index contributed by atoms with van der Waals surface area (Å²) in [7, 11) is 0. The van der Waals surface area contributed by atoms with E-state index < -0.39 is 119 Å². The van der Waals surface area contributed by atoms with Crippen LogP contribution in [-0.2, 0) is 28.4 Å². The number of rotatable bonds is 7. The van der Waals surface area contributed by atoms with Gasteiger partial charge >= 0.3 is 0 Å². The fraction of sp³-hybridized carbons (Fsp3) is 1.00. The highest BCUT2D eigenvalue weighted by Crippen LogP contribution is 2.79. The van der Waals surface area contributed by atoms with Crippen LogP contribution in [0.2, 0.25) is 0 Å². The molecular weight excluding hydrogens is 796 g/mol. The highest BCUT2D eigenvalue weighted by molar-refractivity contribution is 5.23. The van der Waals surface area contributed by atoms with Crippen molar-refractivity contribution >= 4 is 0 Å². The molecule has 61 heavy (non-hydrogen) atoms. The van der Waals surface area contributed by atoms with Crippen LogP contribution in [0.3, 0.4) is 0 Å². The van der Waals surface area contributed by atoms with Crippen molar-refractivity contribution in [2.24, 2.45) is 56.7 Å². The Labute approximate surface area is 359 Å². The molecule has 0 unspecified atom stereocenters. The van der Waals surface area contributed by atoms with Gasteiger partial charge in [0, 0.05) is 0 Å². The number of fused-ring (bicyclic) bond motifs is 7. The molecule has 8 fully saturated rings. The summed E-state index contributed by atoms with van der Waals surface area (Å²) in [5.41, 5.74) is -3.23. The number of ether oxygens (including phenoxy) is 6. The van der Waals surface area contributed by atoms with Gasteiger partial charge in [0.15, 0.2) is 18.9 Å². The quantitative estimate of drug-likeness (QED) is 0.157. The molecular formula is C45H76O16. The van der Waals surface area contributed by atoms with Crippen LogP contribution in [0, 0.1) is 56.7 Å². The molecule has 5 aliphatic carbocycles. The molecule has 352 valence electrons. The predicted molar refractivity (Wildman–Crippen MR) is 215 cm³/mol. The number of aliphatic hydroxyl groups excluding tert-OH is 9. The van der Waals surface area contributed by atoms with E-state index in [1.807, 2.05) is 13.8 Å². The maximum atomic E-state index is 11.7. The summed E-state index contributed by atoms with van der Waals surface area (Å²) >= 11 is 0. The van der Waals surface area contributed by atoms with Gasteiger partial charge < -0.3 is 79.5 Å². The molecule has 8 aliphatic rings. The first kappa shape index (κ1) is 46.9. The Bertz CT molecular complexity index is 1580. The molecule has 0 radical (unpaired) electrons. The Hall–Kier alpha value is -0.640. The summed E-state index contributed by atoms with van der Waals surface area (Å²) in [4.78, 5) is 0. The van der Waals surface area contributed by atoms with Crippen molar-refractivity contribution in [2.45, 2.75) is 204 Å². The van der Waals surface area contributed by atoms with Gasteiger partial charge in [-0.1, -0.05) is 41.5 Å². The normalized spacial score (nSPS) is 57.3. The molecule has 24 atom stereocenters. The maximum absolute atomic E-state index is 11.7. The first-order valence-electron chi connectivity index (χ1n) is 23.0. The van der Waals surface area contributed by atoms with Crippen LogP contribution in [0.4, 0.5) is 0 Å². The van der Waals surface area contributed by atoms with Crippen LogP contribution in [0.1, 0.15) is 107 Å². The van der Waals surface area contributed by atoms with E-state index in [1.54, 1.807) is 0 Å². The fourth-order valence-corrected chi connectivity index (χ4v) is 15.9. The monoisotopic (exact) mass is 873 g/mol. The van der Waals surface area contributed by atoms with Crippen molar-refractivity contribution in [2.75, 3.05) is 19.8 Å². The molecule has 16 heteroatoms. The minimum absolute atomic E-state index is 0.105. The Morgan fingerprint density at radius 3 is 1.39 bits per heavy atom. The van der Waals surface area contributed by atoms with Crippen LogP contribution in [0.5, 0.6) is 0 Å². The average molecular weight is 873 g/mol. The predicted octanol–water partition coefficient (Wildman–Crippen LogP) is 0.551. The second kappa shape index (κ2) is 16.0. The second-order valence-corrected chi connectivity index (χ2v) is 22.8. The van der Waals surface area contributed by atoms with Gasteiger partial charge in [0.2, 0.25) is 0 Å². The summed E-state index contributed by atoms with van der Waals surface area (Å²) in [5.74, 6) is -0.109. The molecule has 0 aromatic heterocycles. The van der Waals surface area contributed by atoms with Gasteiger partial charge in [-0.05, 0) is 122 Å². The molecule has 0 aromatic rings. The molecule has 3 heterocycles. The van der Waals surface area contributed by atoms with Crippen LogP contribution in [0.15, 0.2) is 0 Å². The molecule has 5 saturated carbocycles. The molecule has 10 N–H and O–H groups in total. The maximum Gasteiger partial charge on any atom is 0.186 e. The zero-order valence-electron chi connectivity index (χ0n) is 37.2. The Kier molecular flexibility index (Phi) is 12.3. The molecule has 0 spiro atoms. The lowest BCUT2D eigenvalue weighted by Crippen LogP contribution is -2.72. The summed E-state index contributed by atoms with van der Waals surface area (Å²) in [6.07, 6.45) is -11.8. The van der Waals surface area contributed by atoms with Crippen molar-refractivity contribution in [1.82, 2.24) is 0 Å². The molecule has 3 saturated heterocycles. The van der Waals surface area contributed by atoms with Crippen LogP contribution in [0.25, 0.3) is 0 Å². The van der Waals surface area contributed by atoms with E-state index >= 15 is 0 Å². The van der Waals surface area contributed by atoms with Crippen molar-refractivity contribution < 1.29 is 79.5 Å². The Morgan fingerprint density at radius 1 is 0.508 bits per heavy atom. The zero-order valence-corrected chi connectivity index (χ0v) is 37.2. The molecule has 0 amide bonds. The topological polar surface area (TPSA) is 258 Å². The Balaban J connectivity index is 1.19. The molecule has 0 bridgehead atoms. The fourth-order valence-electron chi connectivity index (χ4n) is 15.9. The third-order valence-corrected chi connectivity index (χ3v) is 18.9. The van der Waals surface area contributed by atoms with E-state index in [2.05, 4.69) is 41.5 Å². The number of hydrogen-bond acceptors (Lipinski definition) is 16. The van der Waals surface area contributed by atoms with Crippen LogP contribution in [-0.4, -0.2) is 169 Å². The lowest BCUT2D eigenvalue weighted by Gasteiger charge is -2.75. The van der Waals surface area contributed by atoms with Crippen molar-refractivity contribution in [3.05, 3.63) is 0 Å². The van der Waals surface area contributed by atoms with Crippen LogP contribution < -0.4 is 0 Å². The van der Waals surface area contributed by atoms with Crippen molar-refractivity contribution in [1.29, 1.82) is 0 Å². The van der Waals surface area contributed by atoms with Crippen LogP contribution >= 0.6 is 0 Å². The number of aliphatic hydroxyl groups is 10. The highest BCUT2D eigenvalue weighted by Gasteiger charge is 2.75. The van der Waals surface area contributed by atoms with E-state index in [4.69, 9.17) is 28.4 Å². The van der Waals surface area contributed by atoms with Crippen molar-refractivity contribution in [3.8, 4) is 0 Å². The van der Waals surface area contributed by atoms with E-state index in [-0.39, 0.29) is 54.8 Å². The summed E-state index contributed by atoms with van der Waals surface area (Å²) in [6.45, 7) is 16.7. The zero-order chi connectivity index (χ0) is 44.6. The molecule has 16 nitrogen and oxygen atoms in total. The van der Waals surface area contributed by atoms with E-state index in [0.717, 1.165) is 25.7 Å².